The second-order valence-corrected chi connectivity index (χ2v) is 4.27. The van der Waals surface area contributed by atoms with E-state index < -0.39 is 0 Å². The van der Waals surface area contributed by atoms with Gasteiger partial charge in [-0.3, -0.25) is 4.79 Å². The molecule has 102 valence electrons. The van der Waals surface area contributed by atoms with Gasteiger partial charge < -0.3 is 10.1 Å². The van der Waals surface area contributed by atoms with Crippen LogP contribution in [0.15, 0.2) is 67.3 Å². The Bertz CT molecular complexity index is 579. The van der Waals surface area contributed by atoms with Crippen LogP contribution in [0.2, 0.25) is 0 Å². The molecule has 0 aromatic heterocycles. The van der Waals surface area contributed by atoms with E-state index in [0.29, 0.717) is 18.0 Å². The monoisotopic (exact) mass is 267 g/mol. The molecule has 0 saturated heterocycles. The Morgan fingerprint density at radius 3 is 2.55 bits per heavy atom. The predicted octanol–water partition coefficient (Wildman–Crippen LogP) is 3.43. The molecule has 0 radical (unpaired) electrons. The lowest BCUT2D eigenvalue weighted by Crippen LogP contribution is -2.10. The van der Waals surface area contributed by atoms with E-state index in [9.17, 15) is 4.79 Å². The molecular weight excluding hydrogens is 250 g/mol. The standard InChI is InChI=1S/C17H17NO2/c1-2-17(19)18-15-10-6-7-11-16(15)20-13-12-14-8-4-3-5-9-14/h2-11H,1,12-13H2,(H,18,19). The molecule has 1 N–H and O–H groups in total. The average Bonchev–Trinajstić information content (AvgIpc) is 2.50. The van der Waals surface area contributed by atoms with Crippen LogP contribution < -0.4 is 10.1 Å². The summed E-state index contributed by atoms with van der Waals surface area (Å²) in [5.74, 6) is 0.419. The smallest absolute Gasteiger partial charge is 0.247 e. The molecule has 2 aromatic carbocycles. The molecule has 0 aliphatic heterocycles. The van der Waals surface area contributed by atoms with Crippen molar-refractivity contribution in [3.63, 3.8) is 0 Å². The van der Waals surface area contributed by atoms with Crippen LogP contribution in [0.1, 0.15) is 5.56 Å². The lowest BCUT2D eigenvalue weighted by Gasteiger charge is -2.11. The quantitative estimate of drug-likeness (QED) is 0.814. The molecule has 2 rings (SSSR count). The van der Waals surface area contributed by atoms with Gasteiger partial charge in [0, 0.05) is 6.42 Å². The molecule has 3 heteroatoms. The zero-order valence-corrected chi connectivity index (χ0v) is 11.2. The molecule has 0 heterocycles. The van der Waals surface area contributed by atoms with Gasteiger partial charge in [-0.25, -0.2) is 0 Å². The van der Waals surface area contributed by atoms with Gasteiger partial charge in [0.2, 0.25) is 5.91 Å². The summed E-state index contributed by atoms with van der Waals surface area (Å²) in [5.41, 5.74) is 1.88. The summed E-state index contributed by atoms with van der Waals surface area (Å²) in [6.07, 6.45) is 2.06. The molecule has 0 unspecified atom stereocenters. The SMILES string of the molecule is C=CC(=O)Nc1ccccc1OCCc1ccccc1. The van der Waals surface area contributed by atoms with E-state index in [1.165, 1.54) is 11.6 Å². The second-order valence-electron chi connectivity index (χ2n) is 4.27. The maximum atomic E-state index is 11.3. The highest BCUT2D eigenvalue weighted by Gasteiger charge is 2.04. The summed E-state index contributed by atoms with van der Waals surface area (Å²) < 4.78 is 5.74. The van der Waals surface area contributed by atoms with Gasteiger partial charge in [-0.05, 0) is 23.8 Å². The van der Waals surface area contributed by atoms with E-state index in [2.05, 4.69) is 24.0 Å². The van der Waals surface area contributed by atoms with E-state index >= 15 is 0 Å². The van der Waals surface area contributed by atoms with Crippen LogP contribution in [-0.4, -0.2) is 12.5 Å². The summed E-state index contributed by atoms with van der Waals surface area (Å²) in [7, 11) is 0. The first-order valence-corrected chi connectivity index (χ1v) is 6.49. The third-order valence-electron chi connectivity index (χ3n) is 2.82. The number of carbonyl (C=O) groups excluding carboxylic acids is 1. The fourth-order valence-electron chi connectivity index (χ4n) is 1.80. The molecular formula is C17H17NO2. The van der Waals surface area contributed by atoms with E-state index in [-0.39, 0.29) is 5.91 Å². The third-order valence-corrected chi connectivity index (χ3v) is 2.82. The van der Waals surface area contributed by atoms with E-state index in [1.54, 1.807) is 6.07 Å². The van der Waals surface area contributed by atoms with E-state index in [1.807, 2.05) is 36.4 Å². The van der Waals surface area contributed by atoms with Crippen LogP contribution in [0, 0.1) is 0 Å². The van der Waals surface area contributed by atoms with Crippen LogP contribution in [0.4, 0.5) is 5.69 Å². The van der Waals surface area contributed by atoms with Gasteiger partial charge in [0.15, 0.2) is 0 Å². The fourth-order valence-corrected chi connectivity index (χ4v) is 1.80. The molecule has 0 spiro atoms. The van der Waals surface area contributed by atoms with Crippen molar-refractivity contribution in [1.82, 2.24) is 0 Å². The first-order valence-electron chi connectivity index (χ1n) is 6.49. The highest BCUT2D eigenvalue weighted by molar-refractivity contribution is 5.99. The maximum absolute atomic E-state index is 11.3. The lowest BCUT2D eigenvalue weighted by atomic mass is 10.2. The van der Waals surface area contributed by atoms with Crippen molar-refractivity contribution in [3.05, 3.63) is 72.8 Å². The van der Waals surface area contributed by atoms with Gasteiger partial charge in [0.05, 0.1) is 12.3 Å². The number of benzene rings is 2. The first kappa shape index (κ1) is 13.9. The molecule has 2 aromatic rings. The minimum absolute atomic E-state index is 0.246. The molecule has 3 nitrogen and oxygen atoms in total. The number of amides is 1. The molecule has 0 saturated carbocycles. The number of rotatable bonds is 6. The van der Waals surface area contributed by atoms with Crippen molar-refractivity contribution in [3.8, 4) is 5.75 Å². The highest BCUT2D eigenvalue weighted by Crippen LogP contribution is 2.23. The Kier molecular flexibility index (Phi) is 4.95. The van der Waals surface area contributed by atoms with Gasteiger partial charge in [0.25, 0.3) is 0 Å². The lowest BCUT2D eigenvalue weighted by molar-refractivity contribution is -0.111. The highest BCUT2D eigenvalue weighted by atomic mass is 16.5. The summed E-state index contributed by atoms with van der Waals surface area (Å²) >= 11 is 0. The van der Waals surface area contributed by atoms with Crippen molar-refractivity contribution < 1.29 is 9.53 Å². The minimum atomic E-state index is -0.246. The van der Waals surface area contributed by atoms with Gasteiger partial charge in [-0.2, -0.15) is 0 Å². The van der Waals surface area contributed by atoms with Gasteiger partial charge >= 0.3 is 0 Å². The number of hydrogen-bond donors (Lipinski definition) is 1. The van der Waals surface area contributed by atoms with Gasteiger partial charge in [-0.1, -0.05) is 49.0 Å². The van der Waals surface area contributed by atoms with Gasteiger partial charge in [-0.15, -0.1) is 0 Å². The largest absolute Gasteiger partial charge is 0.491 e. The Balaban J connectivity index is 1.95. The van der Waals surface area contributed by atoms with Crippen LogP contribution in [-0.2, 0) is 11.2 Å². The molecule has 0 atom stereocenters. The van der Waals surface area contributed by atoms with Crippen molar-refractivity contribution in [2.75, 3.05) is 11.9 Å². The topological polar surface area (TPSA) is 38.3 Å². The van der Waals surface area contributed by atoms with Crippen LogP contribution in [0.25, 0.3) is 0 Å². The van der Waals surface area contributed by atoms with Crippen LogP contribution >= 0.6 is 0 Å². The minimum Gasteiger partial charge on any atom is -0.491 e. The third kappa shape index (κ3) is 3.99. The second kappa shape index (κ2) is 7.14. The Morgan fingerprint density at radius 1 is 1.10 bits per heavy atom. The van der Waals surface area contributed by atoms with Gasteiger partial charge in [0.1, 0.15) is 5.75 Å². The number of para-hydroxylation sites is 2. The number of ether oxygens (including phenoxy) is 1. The molecule has 0 fully saturated rings. The summed E-state index contributed by atoms with van der Waals surface area (Å²) in [6, 6.07) is 17.5. The maximum Gasteiger partial charge on any atom is 0.247 e. The Labute approximate surface area is 118 Å². The Hall–Kier alpha value is -2.55. The fraction of sp³-hybridized carbons (Fsp3) is 0.118. The zero-order valence-electron chi connectivity index (χ0n) is 11.2. The predicted molar refractivity (Wildman–Crippen MR) is 80.9 cm³/mol. The van der Waals surface area contributed by atoms with Crippen molar-refractivity contribution in [2.24, 2.45) is 0 Å². The normalized spacial score (nSPS) is 9.80. The van der Waals surface area contributed by atoms with E-state index in [4.69, 9.17) is 4.74 Å². The van der Waals surface area contributed by atoms with Crippen LogP contribution in [0.5, 0.6) is 5.75 Å². The molecule has 0 aliphatic carbocycles. The summed E-state index contributed by atoms with van der Waals surface area (Å²) in [4.78, 5) is 11.3. The Morgan fingerprint density at radius 2 is 1.80 bits per heavy atom. The summed E-state index contributed by atoms with van der Waals surface area (Å²) in [5, 5.41) is 2.73. The average molecular weight is 267 g/mol. The first-order chi connectivity index (χ1) is 9.79. The van der Waals surface area contributed by atoms with Crippen molar-refractivity contribution in [2.45, 2.75) is 6.42 Å². The zero-order chi connectivity index (χ0) is 14.2. The number of nitrogens with one attached hydrogen (secondary N) is 1. The van der Waals surface area contributed by atoms with E-state index in [0.717, 1.165) is 6.42 Å². The molecule has 1 amide bonds. The molecule has 0 bridgehead atoms. The number of anilines is 1. The summed E-state index contributed by atoms with van der Waals surface area (Å²) in [6.45, 7) is 4.00. The van der Waals surface area contributed by atoms with Crippen molar-refractivity contribution in [1.29, 1.82) is 0 Å². The van der Waals surface area contributed by atoms with Crippen LogP contribution in [0.3, 0.4) is 0 Å². The number of hydrogen-bond acceptors (Lipinski definition) is 2. The molecule has 0 aliphatic rings. The van der Waals surface area contributed by atoms with Crippen molar-refractivity contribution >= 4 is 11.6 Å². The number of carbonyl (C=O) groups is 1. The molecule has 20 heavy (non-hydrogen) atoms.